The van der Waals surface area contributed by atoms with Crippen LogP contribution in [0.3, 0.4) is 0 Å². The Bertz CT molecular complexity index is 400. The van der Waals surface area contributed by atoms with E-state index in [2.05, 4.69) is 0 Å². The van der Waals surface area contributed by atoms with Gasteiger partial charge < -0.3 is 10.5 Å². The number of hydrogen-bond donors (Lipinski definition) is 1. The number of rotatable bonds is 2. The Morgan fingerprint density at radius 2 is 2.06 bits per heavy atom. The van der Waals surface area contributed by atoms with Gasteiger partial charge in [-0.2, -0.15) is 0 Å². The Morgan fingerprint density at radius 3 is 2.69 bits per heavy atom. The summed E-state index contributed by atoms with van der Waals surface area (Å²) in [5.74, 6) is -0.0432. The fourth-order valence-electron chi connectivity index (χ4n) is 1.88. The molecule has 1 saturated heterocycles. The second-order valence-corrected chi connectivity index (χ2v) is 4.54. The molecular formula is C12H14ClNO2. The van der Waals surface area contributed by atoms with Crippen LogP contribution in [0.4, 0.5) is 0 Å². The fourth-order valence-corrected chi connectivity index (χ4v) is 2.07. The maximum Gasteiger partial charge on any atom is 0.182 e. The normalized spacial score (nSPS) is 19.4. The minimum atomic E-state index is -0.789. The molecule has 0 amide bonds. The van der Waals surface area contributed by atoms with E-state index >= 15 is 0 Å². The molecule has 3 nitrogen and oxygen atoms in total. The molecule has 2 rings (SSSR count). The van der Waals surface area contributed by atoms with Gasteiger partial charge in [0.1, 0.15) is 0 Å². The summed E-state index contributed by atoms with van der Waals surface area (Å²) in [5.41, 5.74) is 5.90. The van der Waals surface area contributed by atoms with Gasteiger partial charge in [-0.1, -0.05) is 23.7 Å². The molecule has 0 aromatic heterocycles. The number of ketones is 1. The van der Waals surface area contributed by atoms with Gasteiger partial charge in [-0.3, -0.25) is 4.79 Å². The molecule has 86 valence electrons. The zero-order chi connectivity index (χ0) is 11.6. The lowest BCUT2D eigenvalue weighted by atomic mass is 9.83. The van der Waals surface area contributed by atoms with Crippen molar-refractivity contribution in [3.63, 3.8) is 0 Å². The first-order valence-corrected chi connectivity index (χ1v) is 5.67. The molecule has 1 heterocycles. The highest BCUT2D eigenvalue weighted by Crippen LogP contribution is 2.23. The molecule has 0 radical (unpaired) electrons. The standard InChI is InChI=1S/C12H14ClNO2/c13-10-3-1-2-9(8-10)11(15)12(14)4-6-16-7-5-12/h1-3,8H,4-7,14H2. The molecule has 0 atom stereocenters. The van der Waals surface area contributed by atoms with Gasteiger partial charge in [0.15, 0.2) is 5.78 Å². The third kappa shape index (κ3) is 2.26. The van der Waals surface area contributed by atoms with Crippen LogP contribution in [0.2, 0.25) is 5.02 Å². The summed E-state index contributed by atoms with van der Waals surface area (Å²) < 4.78 is 5.22. The van der Waals surface area contributed by atoms with E-state index in [1.807, 2.05) is 0 Å². The molecule has 0 unspecified atom stereocenters. The van der Waals surface area contributed by atoms with Crippen molar-refractivity contribution in [3.05, 3.63) is 34.9 Å². The number of Topliss-reactive ketones (excluding diaryl/α,β-unsaturated/α-hetero) is 1. The van der Waals surface area contributed by atoms with Gasteiger partial charge in [-0.25, -0.2) is 0 Å². The number of halogens is 1. The SMILES string of the molecule is NC1(C(=O)c2cccc(Cl)c2)CCOCC1. The zero-order valence-corrected chi connectivity index (χ0v) is 9.67. The van der Waals surface area contributed by atoms with Crippen molar-refractivity contribution >= 4 is 17.4 Å². The van der Waals surface area contributed by atoms with Crippen LogP contribution in [-0.4, -0.2) is 24.5 Å². The van der Waals surface area contributed by atoms with Gasteiger partial charge in [0.25, 0.3) is 0 Å². The number of benzene rings is 1. The topological polar surface area (TPSA) is 52.3 Å². The molecule has 0 bridgehead atoms. The van der Waals surface area contributed by atoms with Crippen LogP contribution in [0.25, 0.3) is 0 Å². The third-order valence-electron chi connectivity index (χ3n) is 2.92. The maximum absolute atomic E-state index is 12.2. The van der Waals surface area contributed by atoms with Crippen LogP contribution < -0.4 is 5.73 Å². The van der Waals surface area contributed by atoms with Gasteiger partial charge in [0, 0.05) is 23.8 Å². The molecule has 0 aliphatic carbocycles. The van der Waals surface area contributed by atoms with Crippen LogP contribution in [0.5, 0.6) is 0 Å². The fraction of sp³-hybridized carbons (Fsp3) is 0.417. The molecule has 0 saturated carbocycles. The molecule has 4 heteroatoms. The Labute approximate surface area is 99.5 Å². The van der Waals surface area contributed by atoms with Crippen molar-refractivity contribution in [3.8, 4) is 0 Å². The predicted octanol–water partition coefficient (Wildman–Crippen LogP) is 2.03. The lowest BCUT2D eigenvalue weighted by Gasteiger charge is -2.31. The number of hydrogen-bond acceptors (Lipinski definition) is 3. The molecule has 2 N–H and O–H groups in total. The zero-order valence-electron chi connectivity index (χ0n) is 8.91. The predicted molar refractivity (Wildman–Crippen MR) is 62.8 cm³/mol. The lowest BCUT2D eigenvalue weighted by Crippen LogP contribution is -2.51. The van der Waals surface area contributed by atoms with E-state index in [1.165, 1.54) is 0 Å². The summed E-state index contributed by atoms with van der Waals surface area (Å²) in [4.78, 5) is 12.2. The first kappa shape index (κ1) is 11.6. The monoisotopic (exact) mass is 239 g/mol. The Hall–Kier alpha value is -0.900. The van der Waals surface area contributed by atoms with Crippen molar-refractivity contribution in [2.45, 2.75) is 18.4 Å². The van der Waals surface area contributed by atoms with Crippen molar-refractivity contribution in [2.75, 3.05) is 13.2 Å². The van der Waals surface area contributed by atoms with Crippen LogP contribution in [-0.2, 0) is 4.74 Å². The largest absolute Gasteiger partial charge is 0.381 e. The molecule has 0 spiro atoms. The van der Waals surface area contributed by atoms with E-state index in [9.17, 15) is 4.79 Å². The third-order valence-corrected chi connectivity index (χ3v) is 3.16. The van der Waals surface area contributed by atoms with Crippen molar-refractivity contribution in [2.24, 2.45) is 5.73 Å². The maximum atomic E-state index is 12.2. The second kappa shape index (κ2) is 4.53. The second-order valence-electron chi connectivity index (χ2n) is 4.11. The average Bonchev–Trinajstić information content (AvgIpc) is 2.29. The quantitative estimate of drug-likeness (QED) is 0.804. The molecule has 16 heavy (non-hydrogen) atoms. The lowest BCUT2D eigenvalue weighted by molar-refractivity contribution is 0.0448. The minimum Gasteiger partial charge on any atom is -0.381 e. The van der Waals surface area contributed by atoms with Crippen LogP contribution in [0, 0.1) is 0 Å². The number of nitrogens with two attached hydrogens (primary N) is 1. The Balaban J connectivity index is 2.24. The summed E-state index contributed by atoms with van der Waals surface area (Å²) in [7, 11) is 0. The molecule has 1 aliphatic heterocycles. The van der Waals surface area contributed by atoms with E-state index in [4.69, 9.17) is 22.1 Å². The molecular weight excluding hydrogens is 226 g/mol. The number of ether oxygens (including phenoxy) is 1. The summed E-state index contributed by atoms with van der Waals surface area (Å²) in [6.07, 6.45) is 1.14. The highest BCUT2D eigenvalue weighted by molar-refractivity contribution is 6.31. The van der Waals surface area contributed by atoms with Crippen LogP contribution in [0.1, 0.15) is 23.2 Å². The molecule has 1 aliphatic rings. The van der Waals surface area contributed by atoms with E-state index in [1.54, 1.807) is 24.3 Å². The van der Waals surface area contributed by atoms with Gasteiger partial charge >= 0.3 is 0 Å². The first-order chi connectivity index (χ1) is 7.62. The van der Waals surface area contributed by atoms with E-state index in [0.29, 0.717) is 36.6 Å². The van der Waals surface area contributed by atoms with E-state index in [-0.39, 0.29) is 5.78 Å². The van der Waals surface area contributed by atoms with Crippen molar-refractivity contribution in [1.29, 1.82) is 0 Å². The molecule has 1 aromatic rings. The van der Waals surface area contributed by atoms with Gasteiger partial charge in [0.2, 0.25) is 0 Å². The number of carbonyl (C=O) groups excluding carboxylic acids is 1. The smallest absolute Gasteiger partial charge is 0.182 e. The highest BCUT2D eigenvalue weighted by Gasteiger charge is 2.36. The summed E-state index contributed by atoms with van der Waals surface area (Å²) in [6.45, 7) is 1.09. The first-order valence-electron chi connectivity index (χ1n) is 5.29. The van der Waals surface area contributed by atoms with Crippen LogP contribution in [0.15, 0.2) is 24.3 Å². The number of carbonyl (C=O) groups is 1. The Morgan fingerprint density at radius 1 is 1.38 bits per heavy atom. The van der Waals surface area contributed by atoms with Crippen molar-refractivity contribution in [1.82, 2.24) is 0 Å². The van der Waals surface area contributed by atoms with Crippen LogP contribution >= 0.6 is 11.6 Å². The minimum absolute atomic E-state index is 0.0432. The van der Waals surface area contributed by atoms with E-state index in [0.717, 1.165) is 0 Å². The average molecular weight is 240 g/mol. The Kier molecular flexibility index (Phi) is 3.28. The highest BCUT2D eigenvalue weighted by atomic mass is 35.5. The molecule has 1 aromatic carbocycles. The van der Waals surface area contributed by atoms with E-state index < -0.39 is 5.54 Å². The summed E-state index contributed by atoms with van der Waals surface area (Å²) in [5, 5.41) is 0.557. The molecule has 1 fully saturated rings. The summed E-state index contributed by atoms with van der Waals surface area (Å²) in [6, 6.07) is 6.91. The van der Waals surface area contributed by atoms with Gasteiger partial charge in [-0.15, -0.1) is 0 Å². The van der Waals surface area contributed by atoms with Gasteiger partial charge in [-0.05, 0) is 25.0 Å². The van der Waals surface area contributed by atoms with Gasteiger partial charge in [0.05, 0.1) is 5.54 Å². The summed E-state index contributed by atoms with van der Waals surface area (Å²) >= 11 is 5.86. The van der Waals surface area contributed by atoms with Crippen molar-refractivity contribution < 1.29 is 9.53 Å².